The number of carbonyl (C=O) groups excluding carboxylic acids is 5. The number of nitrogens with one attached hydrogen (secondary N) is 1. The molecule has 6 aromatic carbocycles. The van der Waals surface area contributed by atoms with Crippen molar-refractivity contribution in [1.29, 1.82) is 0 Å². The van der Waals surface area contributed by atoms with Crippen LogP contribution in [0.4, 0.5) is 34.1 Å². The fourth-order valence-corrected chi connectivity index (χ4v) is 15.9. The number of thiazole rings is 2. The van der Waals surface area contributed by atoms with Crippen molar-refractivity contribution in [3.05, 3.63) is 266 Å². The molecular formula is C81H68N10O17S2. The number of aryl methyl sites for hydroxylation is 2. The molecular weight excluding hydrogens is 1450 g/mol. The molecule has 0 spiro atoms. The number of aliphatic hydroxyl groups excluding tert-OH is 3. The molecule has 9 aromatic rings. The number of para-hydroxylation sites is 4. The number of hydrogen-bond acceptors (Lipinski definition) is 23. The Labute approximate surface area is 634 Å². The minimum atomic E-state index is -1.07. The zero-order valence-electron chi connectivity index (χ0n) is 60.2. The first-order chi connectivity index (χ1) is 52.4. The van der Waals surface area contributed by atoms with Crippen LogP contribution >= 0.6 is 22.7 Å². The summed E-state index contributed by atoms with van der Waals surface area (Å²) in [5, 5.41) is 89.9. The first-order valence-electron chi connectivity index (χ1n) is 34.8. The number of fused-ring (bicyclic) bond motifs is 6. The third-order valence-corrected chi connectivity index (χ3v) is 21.6. The molecule has 29 heteroatoms. The van der Waals surface area contributed by atoms with Crippen LogP contribution in [0.2, 0.25) is 0 Å². The average Bonchev–Trinajstić information content (AvgIpc) is 1.60. The molecule has 0 radical (unpaired) electrons. The van der Waals surface area contributed by atoms with Crippen LogP contribution in [0.1, 0.15) is 116 Å². The Bertz CT molecular complexity index is 5850. The van der Waals surface area contributed by atoms with Gasteiger partial charge in [-0.1, -0.05) is 71.6 Å². The van der Waals surface area contributed by atoms with E-state index in [9.17, 15) is 84.4 Å². The Hall–Kier alpha value is -13.4. The molecule has 3 aliphatic heterocycles. The van der Waals surface area contributed by atoms with Gasteiger partial charge >= 0.3 is 11.9 Å². The lowest BCUT2D eigenvalue weighted by molar-refractivity contribution is -0.674. The monoisotopic (exact) mass is 1520 g/mol. The van der Waals surface area contributed by atoms with Crippen molar-refractivity contribution in [2.75, 3.05) is 28.2 Å². The average molecular weight is 1520 g/mol. The minimum Gasteiger partial charge on any atom is -0.871 e. The van der Waals surface area contributed by atoms with Crippen LogP contribution in [-0.4, -0.2) is 110 Å². The van der Waals surface area contributed by atoms with E-state index >= 15 is 0 Å². The Morgan fingerprint density at radius 1 is 0.573 bits per heavy atom. The summed E-state index contributed by atoms with van der Waals surface area (Å²) >= 11 is 2.18. The lowest BCUT2D eigenvalue weighted by atomic mass is 9.80. The maximum Gasteiger partial charge on any atom is 0.335 e. The highest BCUT2D eigenvalue weighted by molar-refractivity contribution is 7.19. The van der Waals surface area contributed by atoms with Gasteiger partial charge in [-0.05, 0) is 141 Å². The summed E-state index contributed by atoms with van der Waals surface area (Å²) < 4.78 is 5.27. The molecule has 6 aliphatic rings. The fraction of sp³-hybridized carbons (Fsp3) is 0.198. The number of aliphatic imine (C=N–C) groups is 1. The van der Waals surface area contributed by atoms with Crippen molar-refractivity contribution >= 4 is 153 Å². The van der Waals surface area contributed by atoms with Crippen molar-refractivity contribution < 1.29 is 78.6 Å². The van der Waals surface area contributed by atoms with Gasteiger partial charge in [-0.15, -0.1) is 22.7 Å². The van der Waals surface area contributed by atoms with Crippen molar-refractivity contribution in [3.63, 3.8) is 0 Å². The summed E-state index contributed by atoms with van der Waals surface area (Å²) in [5.74, 6) is -6.75. The second-order valence-electron chi connectivity index (χ2n) is 27.2. The zero-order valence-corrected chi connectivity index (χ0v) is 61.9. The number of rotatable bonds is 16. The van der Waals surface area contributed by atoms with E-state index in [0.717, 1.165) is 82.7 Å². The number of ketones is 5. The lowest BCUT2D eigenvalue weighted by Gasteiger charge is -2.25. The summed E-state index contributed by atoms with van der Waals surface area (Å²) in [6, 6.07) is 33.6. The van der Waals surface area contributed by atoms with Crippen LogP contribution in [0.5, 0.6) is 0 Å². The highest BCUT2D eigenvalue weighted by Crippen LogP contribution is 2.47. The van der Waals surface area contributed by atoms with Gasteiger partial charge in [0.1, 0.15) is 21.6 Å². The highest BCUT2D eigenvalue weighted by Gasteiger charge is 2.43. The van der Waals surface area contributed by atoms with Gasteiger partial charge in [-0.2, -0.15) is 0 Å². The van der Waals surface area contributed by atoms with Crippen molar-refractivity contribution in [2.24, 2.45) is 4.99 Å². The Kier molecular flexibility index (Phi) is 19.8. The van der Waals surface area contributed by atoms with E-state index in [4.69, 9.17) is 0 Å². The molecule has 3 aromatic heterocycles. The van der Waals surface area contributed by atoms with E-state index in [-0.39, 0.29) is 55.9 Å². The number of aromatic carboxylic acids is 2. The van der Waals surface area contributed by atoms with E-state index < -0.39 is 84.6 Å². The van der Waals surface area contributed by atoms with Crippen LogP contribution < -0.4 is 24.8 Å². The van der Waals surface area contributed by atoms with Crippen LogP contribution in [0.15, 0.2) is 213 Å². The number of aromatic nitrogens is 4. The second kappa shape index (κ2) is 29.0. The summed E-state index contributed by atoms with van der Waals surface area (Å²) in [5.41, 5.74) is 6.25. The number of nitro groups is 2. The molecule has 0 amide bonds. The Balaban J connectivity index is 0.000000145. The van der Waals surface area contributed by atoms with E-state index in [1.165, 1.54) is 78.9 Å². The van der Waals surface area contributed by atoms with Gasteiger partial charge in [0.05, 0.1) is 99.6 Å². The fourth-order valence-electron chi connectivity index (χ4n) is 14.0. The van der Waals surface area contributed by atoms with E-state index in [2.05, 4.69) is 53.1 Å². The Morgan fingerprint density at radius 3 is 1.68 bits per heavy atom. The van der Waals surface area contributed by atoms with Gasteiger partial charge in [0.15, 0.2) is 22.6 Å². The Morgan fingerprint density at radius 2 is 1.12 bits per heavy atom. The second-order valence-corrected chi connectivity index (χ2v) is 29.3. The number of nitro benzene ring substituents is 2. The highest BCUT2D eigenvalue weighted by atomic mass is 32.1. The lowest BCUT2D eigenvalue weighted by Crippen LogP contribution is -2.36. The van der Waals surface area contributed by atoms with Crippen LogP contribution in [0.25, 0.3) is 49.7 Å². The predicted molar refractivity (Wildman–Crippen MR) is 413 cm³/mol. The van der Waals surface area contributed by atoms with E-state index in [0.29, 0.717) is 77.4 Å². The molecule has 556 valence electrons. The minimum absolute atomic E-state index is 0.0650. The topological polar surface area (TPSA) is 395 Å². The van der Waals surface area contributed by atoms with Gasteiger partial charge in [-0.3, -0.25) is 49.2 Å². The quantitative estimate of drug-likeness (QED) is 0.0172. The predicted octanol–water partition coefficient (Wildman–Crippen LogP) is 13.8. The molecule has 6 heterocycles. The number of non-ortho nitro benzene ring substituents is 2. The molecule has 0 bridgehead atoms. The summed E-state index contributed by atoms with van der Waals surface area (Å²) in [4.78, 5) is 126. The SMILES string of the molecule is CC1(C)C(/C=C2\C(=O)C(=O)C(/C=C3/Nc4ccc(C(=O)O)cc4C3(C)C)=C2O)=Nc2ccc(C(=O)O)cc21.CCCN1C(=CC2=C([O-])C(=Cc3n(CC)c4ccccc4[n+]3CCC)C(=O)C2=O)N(CC)c2ccccc21.O=C1C(=Cc2nc3ccc([N+](=O)[O-])cc3s2)C(O)=C(O)/C1=C\c1nc2ccc([N+](=O)[O-])cc2s1. The third-order valence-electron chi connectivity index (χ3n) is 19.7. The number of hydrogen-bond donors (Lipinski definition) is 6. The first kappa shape index (κ1) is 74.8. The molecule has 0 fully saturated rings. The molecule has 0 unspecified atom stereocenters. The van der Waals surface area contributed by atoms with Crippen LogP contribution in [0.3, 0.4) is 0 Å². The van der Waals surface area contributed by atoms with Gasteiger partial charge in [0, 0.05) is 76.8 Å². The number of carboxylic acids is 2. The number of nitrogens with zero attached hydrogens (tertiary/aromatic N) is 9. The smallest absolute Gasteiger partial charge is 0.335 e. The van der Waals surface area contributed by atoms with Crippen molar-refractivity contribution in [1.82, 2.24) is 14.5 Å². The third kappa shape index (κ3) is 13.2. The maximum atomic E-state index is 13.7. The first-order valence-corrected chi connectivity index (χ1v) is 36.4. The standard InChI is InChI=1S/C31H34N4O3.C29H24N2O7.C21H10N4O7S2/c1-5-17-34-25-15-11-9-13-23(25)32(7-3)27(34)19-21-29(36)22(31(38)30(21)37)20-28-33(8-4)24-14-10-12-16-26(24)35(28)18-6-2;1-28(2)17-9-13(26(35)36)5-7-19(17)30-21(28)11-15-23(32)16(25(34)24(15)33)12-22-29(3,4)18-10-14(27(37)38)6-8-20(18)31-22;26-19-11(7-17-22-13-3-1-9(24(29)30)5-15(13)33-17)20(27)21(28)12(19)8-18-23-14-4-2-10(25(31)32)6-16(14)34-18/h9-16,19-20H,5-8,17-18H2,1-4H3;5-12,30,32H,1-4H3,(H,35,36)(H,37,38);1-8,27-28H/b;16-12-,21-11+;11-7-,12-8?. The number of benzene rings is 6. The van der Waals surface area contributed by atoms with Gasteiger partial charge in [0.2, 0.25) is 28.9 Å². The molecule has 110 heavy (non-hydrogen) atoms. The van der Waals surface area contributed by atoms with Gasteiger partial charge in [0.25, 0.3) is 17.2 Å². The van der Waals surface area contributed by atoms with E-state index in [1.807, 2.05) is 90.1 Å². The summed E-state index contributed by atoms with van der Waals surface area (Å²) in [6.07, 6.45) is 10.4. The molecule has 0 atom stereocenters. The molecule has 27 nitrogen and oxygen atoms in total. The number of anilines is 3. The molecule has 3 aliphatic carbocycles. The molecule has 0 saturated heterocycles. The van der Waals surface area contributed by atoms with E-state index in [1.54, 1.807) is 30.4 Å². The number of carbonyl (C=O) groups is 7. The molecule has 15 rings (SSSR count). The summed E-state index contributed by atoms with van der Waals surface area (Å²) in [7, 11) is 0. The normalized spacial score (nSPS) is 18.4. The maximum absolute atomic E-state index is 13.7. The summed E-state index contributed by atoms with van der Waals surface area (Å²) in [6.45, 7) is 18.4. The number of allylic oxidation sites excluding steroid dienone is 10. The van der Waals surface area contributed by atoms with Gasteiger partial charge < -0.3 is 45.8 Å². The van der Waals surface area contributed by atoms with Gasteiger partial charge in [-0.25, -0.2) is 28.7 Å². The zero-order chi connectivity index (χ0) is 78.9. The molecule has 6 N–H and O–H groups in total. The number of Topliss-reactive ketones (excluding diaryl/α,β-unsaturated/α-hetero) is 5. The van der Waals surface area contributed by atoms with Crippen LogP contribution in [0, 0.1) is 20.2 Å². The molecule has 0 saturated carbocycles. The van der Waals surface area contributed by atoms with Crippen molar-refractivity contribution in [2.45, 2.75) is 92.2 Å². The largest absolute Gasteiger partial charge is 0.871 e. The number of carboxylic acid groups (broad SMARTS) is 2. The number of imidazole rings is 1. The van der Waals surface area contributed by atoms with Crippen LogP contribution in [-0.2, 0) is 47.9 Å². The number of aliphatic hydroxyl groups is 3. The van der Waals surface area contributed by atoms with Crippen molar-refractivity contribution in [3.8, 4) is 0 Å².